The fourth-order valence-corrected chi connectivity index (χ4v) is 1.07. The molecule has 16 heavy (non-hydrogen) atoms. The number of hydrogen-bond donors (Lipinski definition) is 1. The molecule has 0 radical (unpaired) electrons. The fraction of sp³-hybridized carbons (Fsp3) is 0.300. The van der Waals surface area contributed by atoms with Gasteiger partial charge in [-0.1, -0.05) is 0 Å². The molecule has 0 saturated carbocycles. The first-order valence-electron chi connectivity index (χ1n) is 4.54. The normalized spacial score (nSPS) is 9.62. The fourth-order valence-electron chi connectivity index (χ4n) is 1.07. The van der Waals surface area contributed by atoms with Crippen molar-refractivity contribution in [1.82, 2.24) is 4.98 Å². The second-order valence-corrected chi connectivity index (χ2v) is 2.80. The summed E-state index contributed by atoms with van der Waals surface area (Å²) in [6.45, 7) is 1.88. The van der Waals surface area contributed by atoms with Gasteiger partial charge in [0.05, 0.1) is 19.3 Å². The number of carboxylic acids is 1. The Kier molecular flexibility index (Phi) is 3.82. The van der Waals surface area contributed by atoms with Gasteiger partial charge in [-0.3, -0.25) is 0 Å². The molecule has 6 heteroatoms. The van der Waals surface area contributed by atoms with E-state index in [1.54, 1.807) is 6.92 Å². The zero-order valence-electron chi connectivity index (χ0n) is 8.89. The predicted octanol–water partition coefficient (Wildman–Crippen LogP) is 0.965. The van der Waals surface area contributed by atoms with E-state index in [4.69, 9.17) is 14.6 Å². The van der Waals surface area contributed by atoms with Crippen molar-refractivity contribution >= 4 is 11.9 Å². The minimum absolute atomic E-state index is 0.0330. The number of hydrogen-bond acceptors (Lipinski definition) is 5. The van der Waals surface area contributed by atoms with Gasteiger partial charge < -0.3 is 14.6 Å². The van der Waals surface area contributed by atoms with Crippen LogP contribution in [-0.4, -0.2) is 35.7 Å². The van der Waals surface area contributed by atoms with Crippen LogP contribution in [0.5, 0.6) is 5.75 Å². The number of ether oxygens (including phenoxy) is 2. The Bertz CT molecular complexity index is 416. The Morgan fingerprint density at radius 1 is 1.50 bits per heavy atom. The maximum Gasteiger partial charge on any atom is 0.360 e. The van der Waals surface area contributed by atoms with E-state index < -0.39 is 11.9 Å². The number of carboxylic acid groups (broad SMARTS) is 1. The van der Waals surface area contributed by atoms with E-state index in [-0.39, 0.29) is 23.6 Å². The van der Waals surface area contributed by atoms with Crippen molar-refractivity contribution in [2.75, 3.05) is 13.7 Å². The third kappa shape index (κ3) is 2.47. The summed E-state index contributed by atoms with van der Waals surface area (Å²) in [4.78, 5) is 25.8. The highest BCUT2D eigenvalue weighted by atomic mass is 16.5. The summed E-state index contributed by atoms with van der Waals surface area (Å²) in [5.74, 6) is -1.70. The minimum atomic E-state index is -1.14. The van der Waals surface area contributed by atoms with E-state index in [1.807, 2.05) is 0 Å². The first-order valence-corrected chi connectivity index (χ1v) is 4.54. The van der Waals surface area contributed by atoms with Gasteiger partial charge in [-0.25, -0.2) is 14.6 Å². The van der Waals surface area contributed by atoms with E-state index in [1.165, 1.54) is 13.2 Å². The molecule has 1 N–H and O–H groups in total. The average molecular weight is 225 g/mol. The van der Waals surface area contributed by atoms with E-state index in [9.17, 15) is 9.59 Å². The number of esters is 1. The topological polar surface area (TPSA) is 85.7 Å². The van der Waals surface area contributed by atoms with Crippen molar-refractivity contribution in [2.24, 2.45) is 0 Å². The summed E-state index contributed by atoms with van der Waals surface area (Å²) >= 11 is 0. The van der Waals surface area contributed by atoms with E-state index >= 15 is 0 Å². The number of nitrogens with zero attached hydrogens (tertiary/aromatic N) is 1. The predicted molar refractivity (Wildman–Crippen MR) is 53.7 cm³/mol. The molecular weight excluding hydrogens is 214 g/mol. The first kappa shape index (κ1) is 12.0. The van der Waals surface area contributed by atoms with Gasteiger partial charge in [-0.05, 0) is 13.0 Å². The average Bonchev–Trinajstić information content (AvgIpc) is 2.28. The zero-order chi connectivity index (χ0) is 12.1. The van der Waals surface area contributed by atoms with Gasteiger partial charge in [0.1, 0.15) is 0 Å². The van der Waals surface area contributed by atoms with Crippen LogP contribution < -0.4 is 4.74 Å². The highest BCUT2D eigenvalue weighted by molar-refractivity contribution is 5.93. The van der Waals surface area contributed by atoms with Crippen molar-refractivity contribution in [3.63, 3.8) is 0 Å². The first-order chi connectivity index (χ1) is 7.60. The molecule has 6 nitrogen and oxygen atoms in total. The van der Waals surface area contributed by atoms with Gasteiger partial charge in [-0.15, -0.1) is 0 Å². The minimum Gasteiger partial charge on any atom is -0.494 e. The maximum absolute atomic E-state index is 11.4. The second kappa shape index (κ2) is 5.11. The number of carbonyl (C=O) groups excluding carboxylic acids is 1. The zero-order valence-corrected chi connectivity index (χ0v) is 8.89. The van der Waals surface area contributed by atoms with Crippen LogP contribution in [0.4, 0.5) is 0 Å². The molecule has 0 amide bonds. The van der Waals surface area contributed by atoms with Crippen LogP contribution in [0.25, 0.3) is 0 Å². The molecule has 0 aliphatic carbocycles. The van der Waals surface area contributed by atoms with Gasteiger partial charge in [-0.2, -0.15) is 0 Å². The van der Waals surface area contributed by atoms with E-state index in [2.05, 4.69) is 4.98 Å². The van der Waals surface area contributed by atoms with Gasteiger partial charge in [0.2, 0.25) is 0 Å². The molecular formula is C10H11NO5. The number of pyridine rings is 1. The third-order valence-corrected chi connectivity index (χ3v) is 1.79. The molecule has 0 spiro atoms. The molecule has 0 bridgehead atoms. The van der Waals surface area contributed by atoms with Crippen LogP contribution in [-0.2, 0) is 4.74 Å². The summed E-state index contributed by atoms with van der Waals surface area (Å²) in [7, 11) is 1.32. The molecule has 0 atom stereocenters. The molecule has 1 rings (SSSR count). The third-order valence-electron chi connectivity index (χ3n) is 1.79. The highest BCUT2D eigenvalue weighted by Crippen LogP contribution is 2.18. The van der Waals surface area contributed by atoms with Crippen molar-refractivity contribution in [2.45, 2.75) is 6.92 Å². The quantitative estimate of drug-likeness (QED) is 0.768. The molecule has 1 aromatic rings. The van der Waals surface area contributed by atoms with Crippen molar-refractivity contribution in [3.05, 3.63) is 23.5 Å². The standard InChI is InChI=1S/C10H11NO5/c1-3-16-10(14)8-7(15-2)4-6(5-11-8)9(12)13/h4-5H,3H2,1-2H3,(H,12,13). The smallest absolute Gasteiger partial charge is 0.360 e. The lowest BCUT2D eigenvalue weighted by Gasteiger charge is -2.07. The Morgan fingerprint density at radius 2 is 2.19 bits per heavy atom. The molecule has 0 saturated heterocycles. The van der Waals surface area contributed by atoms with Crippen molar-refractivity contribution in [3.8, 4) is 5.75 Å². The number of methoxy groups -OCH3 is 1. The van der Waals surface area contributed by atoms with Crippen molar-refractivity contribution in [1.29, 1.82) is 0 Å². The molecule has 0 unspecified atom stereocenters. The largest absolute Gasteiger partial charge is 0.494 e. The van der Waals surface area contributed by atoms with E-state index in [0.29, 0.717) is 0 Å². The highest BCUT2D eigenvalue weighted by Gasteiger charge is 2.17. The van der Waals surface area contributed by atoms with Crippen LogP contribution in [0.3, 0.4) is 0 Å². The summed E-state index contributed by atoms with van der Waals surface area (Å²) in [6, 6.07) is 1.22. The number of rotatable bonds is 4. The molecule has 1 heterocycles. The summed E-state index contributed by atoms with van der Waals surface area (Å²) in [5, 5.41) is 8.73. The van der Waals surface area contributed by atoms with Crippen LogP contribution in [0.15, 0.2) is 12.3 Å². The van der Waals surface area contributed by atoms with Gasteiger partial charge in [0, 0.05) is 6.20 Å². The molecule has 1 aromatic heterocycles. The lowest BCUT2D eigenvalue weighted by Crippen LogP contribution is -2.10. The Hall–Kier alpha value is -2.11. The van der Waals surface area contributed by atoms with Crippen LogP contribution in [0.1, 0.15) is 27.8 Å². The van der Waals surface area contributed by atoms with Gasteiger partial charge >= 0.3 is 11.9 Å². The molecule has 0 fully saturated rings. The molecule has 0 aromatic carbocycles. The maximum atomic E-state index is 11.4. The summed E-state index contributed by atoms with van der Waals surface area (Å²) in [6.07, 6.45) is 1.08. The van der Waals surface area contributed by atoms with Gasteiger partial charge in [0.25, 0.3) is 0 Å². The Labute approximate surface area is 91.8 Å². The summed E-state index contributed by atoms with van der Waals surface area (Å²) in [5.41, 5.74) is -0.0840. The van der Waals surface area contributed by atoms with Gasteiger partial charge in [0.15, 0.2) is 11.4 Å². The lowest BCUT2D eigenvalue weighted by molar-refractivity contribution is 0.0513. The Balaban J connectivity index is 3.11. The van der Waals surface area contributed by atoms with Crippen LogP contribution in [0.2, 0.25) is 0 Å². The number of aromatic nitrogens is 1. The molecule has 0 aliphatic heterocycles. The lowest BCUT2D eigenvalue weighted by atomic mass is 10.2. The molecule has 86 valence electrons. The SMILES string of the molecule is CCOC(=O)c1ncc(C(=O)O)cc1OC. The van der Waals surface area contributed by atoms with Crippen LogP contribution >= 0.6 is 0 Å². The number of carbonyl (C=O) groups is 2. The molecule has 0 aliphatic rings. The second-order valence-electron chi connectivity index (χ2n) is 2.80. The number of aromatic carboxylic acids is 1. The van der Waals surface area contributed by atoms with Crippen LogP contribution in [0, 0.1) is 0 Å². The monoisotopic (exact) mass is 225 g/mol. The van der Waals surface area contributed by atoms with Crippen molar-refractivity contribution < 1.29 is 24.2 Å². The van der Waals surface area contributed by atoms with E-state index in [0.717, 1.165) is 6.20 Å². The Morgan fingerprint density at radius 3 is 2.69 bits per heavy atom. The summed E-state index contributed by atoms with van der Waals surface area (Å²) < 4.78 is 9.62.